The molecule has 0 heterocycles. The van der Waals surface area contributed by atoms with Gasteiger partial charge in [0, 0.05) is 27.3 Å². The minimum absolute atomic E-state index is 0.768. The highest BCUT2D eigenvalue weighted by Crippen LogP contribution is 2.15. The Labute approximate surface area is 127 Å². The van der Waals surface area contributed by atoms with Crippen LogP contribution >= 0.6 is 0 Å². The highest BCUT2D eigenvalue weighted by molar-refractivity contribution is 5.88. The SMILES string of the molecule is COCCNCCOC.O=C(O)CC(O)(CC(=O)O)C(=O)O. The van der Waals surface area contributed by atoms with Gasteiger partial charge in [-0.1, -0.05) is 0 Å². The van der Waals surface area contributed by atoms with Crippen LogP contribution in [0.1, 0.15) is 12.8 Å². The molecule has 130 valence electrons. The maximum Gasteiger partial charge on any atom is 0.336 e. The minimum Gasteiger partial charge on any atom is -0.481 e. The summed E-state index contributed by atoms with van der Waals surface area (Å²) in [6, 6.07) is 0. The first-order chi connectivity index (χ1) is 10.2. The van der Waals surface area contributed by atoms with Crippen molar-refractivity contribution in [1.29, 1.82) is 0 Å². The van der Waals surface area contributed by atoms with Crippen molar-refractivity contribution in [2.75, 3.05) is 40.5 Å². The lowest BCUT2D eigenvalue weighted by molar-refractivity contribution is -0.170. The summed E-state index contributed by atoms with van der Waals surface area (Å²) >= 11 is 0. The Morgan fingerprint density at radius 1 is 0.909 bits per heavy atom. The molecule has 0 aromatic heterocycles. The highest BCUT2D eigenvalue weighted by atomic mass is 16.5. The number of methoxy groups -OCH3 is 2. The molecular weight excluding hydrogens is 302 g/mol. The van der Waals surface area contributed by atoms with Crippen LogP contribution in [-0.4, -0.2) is 84.5 Å². The van der Waals surface area contributed by atoms with Crippen LogP contribution in [0.5, 0.6) is 0 Å². The first-order valence-corrected chi connectivity index (χ1v) is 6.27. The van der Waals surface area contributed by atoms with E-state index in [0.717, 1.165) is 26.3 Å². The first kappa shape index (κ1) is 22.5. The van der Waals surface area contributed by atoms with Gasteiger partial charge < -0.3 is 35.2 Å². The number of hydrogen-bond donors (Lipinski definition) is 5. The third kappa shape index (κ3) is 13.2. The summed E-state index contributed by atoms with van der Waals surface area (Å²) in [5.41, 5.74) is -2.74. The van der Waals surface area contributed by atoms with Gasteiger partial charge in [0.2, 0.25) is 0 Å². The van der Waals surface area contributed by atoms with Crippen LogP contribution in [0.25, 0.3) is 0 Å². The van der Waals surface area contributed by atoms with E-state index in [1.165, 1.54) is 0 Å². The molecule has 10 heteroatoms. The molecule has 0 amide bonds. The van der Waals surface area contributed by atoms with E-state index in [4.69, 9.17) is 29.9 Å². The number of aliphatic hydroxyl groups is 1. The van der Waals surface area contributed by atoms with Gasteiger partial charge in [0.1, 0.15) is 0 Å². The number of carboxylic acids is 3. The van der Waals surface area contributed by atoms with E-state index in [-0.39, 0.29) is 0 Å². The van der Waals surface area contributed by atoms with Gasteiger partial charge in [-0.25, -0.2) is 4.79 Å². The monoisotopic (exact) mass is 325 g/mol. The third-order valence-electron chi connectivity index (χ3n) is 2.25. The number of rotatable bonds is 11. The van der Waals surface area contributed by atoms with Gasteiger partial charge >= 0.3 is 17.9 Å². The second-order valence-corrected chi connectivity index (χ2v) is 4.21. The third-order valence-corrected chi connectivity index (χ3v) is 2.25. The van der Waals surface area contributed by atoms with Gasteiger partial charge in [-0.15, -0.1) is 0 Å². The van der Waals surface area contributed by atoms with Crippen molar-refractivity contribution in [3.8, 4) is 0 Å². The summed E-state index contributed by atoms with van der Waals surface area (Å²) in [6.45, 7) is 3.34. The van der Waals surface area contributed by atoms with Crippen molar-refractivity contribution >= 4 is 17.9 Å². The van der Waals surface area contributed by atoms with Gasteiger partial charge in [-0.05, 0) is 0 Å². The van der Waals surface area contributed by atoms with Crippen LogP contribution in [0, 0.1) is 0 Å². The predicted octanol–water partition coefficient (Wildman–Crippen LogP) is -1.38. The fourth-order valence-electron chi connectivity index (χ4n) is 1.19. The number of carbonyl (C=O) groups is 3. The lowest BCUT2D eigenvalue weighted by Crippen LogP contribution is -2.42. The smallest absolute Gasteiger partial charge is 0.336 e. The summed E-state index contributed by atoms with van der Waals surface area (Å²) in [5, 5.41) is 36.9. The summed E-state index contributed by atoms with van der Waals surface area (Å²) < 4.78 is 9.64. The van der Waals surface area contributed by atoms with Crippen molar-refractivity contribution < 1.29 is 44.3 Å². The second kappa shape index (κ2) is 13.0. The van der Waals surface area contributed by atoms with Gasteiger partial charge in [-0.3, -0.25) is 9.59 Å². The van der Waals surface area contributed by atoms with Crippen LogP contribution in [0.4, 0.5) is 0 Å². The van der Waals surface area contributed by atoms with Crippen molar-refractivity contribution in [1.82, 2.24) is 5.32 Å². The molecule has 0 spiro atoms. The molecule has 10 nitrogen and oxygen atoms in total. The van der Waals surface area contributed by atoms with E-state index < -0.39 is 36.4 Å². The summed E-state index contributed by atoms with van der Waals surface area (Å²) in [7, 11) is 3.38. The van der Waals surface area contributed by atoms with Crippen LogP contribution < -0.4 is 5.32 Å². The zero-order chi connectivity index (χ0) is 17.6. The Bertz CT molecular complexity index is 323. The molecule has 0 radical (unpaired) electrons. The molecular formula is C12H23NO9. The number of ether oxygens (including phenoxy) is 2. The van der Waals surface area contributed by atoms with Crippen molar-refractivity contribution in [3.05, 3.63) is 0 Å². The molecule has 0 atom stereocenters. The van der Waals surface area contributed by atoms with E-state index in [9.17, 15) is 14.4 Å². The summed E-state index contributed by atoms with van der Waals surface area (Å²) in [5.74, 6) is -5.02. The standard InChI is InChI=1S/C6H15NO2.C6H8O7/c1-8-5-3-7-4-6-9-2;7-3(8)1-6(13,5(11)12)2-4(9)10/h7H,3-6H2,1-2H3;13H,1-2H2,(H,7,8)(H,9,10)(H,11,12). The van der Waals surface area contributed by atoms with Crippen LogP contribution in [0.3, 0.4) is 0 Å². The number of nitrogens with one attached hydrogen (secondary N) is 1. The van der Waals surface area contributed by atoms with Crippen molar-refractivity contribution in [2.45, 2.75) is 18.4 Å². The van der Waals surface area contributed by atoms with E-state index in [0.29, 0.717) is 0 Å². The normalized spacial score (nSPS) is 10.5. The average Bonchev–Trinajstić information content (AvgIpc) is 2.37. The molecule has 0 saturated carbocycles. The van der Waals surface area contributed by atoms with E-state index >= 15 is 0 Å². The van der Waals surface area contributed by atoms with E-state index in [2.05, 4.69) is 5.32 Å². The largest absolute Gasteiger partial charge is 0.481 e. The Morgan fingerprint density at radius 3 is 1.50 bits per heavy atom. The predicted molar refractivity (Wildman–Crippen MR) is 73.7 cm³/mol. The lowest BCUT2D eigenvalue weighted by Gasteiger charge is -2.18. The average molecular weight is 325 g/mol. The molecule has 0 bridgehead atoms. The molecule has 0 saturated heterocycles. The lowest BCUT2D eigenvalue weighted by atomic mass is 9.96. The fraction of sp³-hybridized carbons (Fsp3) is 0.750. The molecule has 0 unspecified atom stereocenters. The Kier molecular flexibility index (Phi) is 13.3. The summed E-state index contributed by atoms with van der Waals surface area (Å²) in [6.07, 6.45) is -2.29. The topological polar surface area (TPSA) is 163 Å². The molecule has 0 aromatic carbocycles. The number of carboxylic acid groups (broad SMARTS) is 3. The van der Waals surface area contributed by atoms with Gasteiger partial charge in [0.15, 0.2) is 5.60 Å². The van der Waals surface area contributed by atoms with Gasteiger partial charge in [0.05, 0.1) is 26.1 Å². The molecule has 0 aliphatic carbocycles. The van der Waals surface area contributed by atoms with E-state index in [1.54, 1.807) is 14.2 Å². The second-order valence-electron chi connectivity index (χ2n) is 4.21. The molecule has 0 aromatic rings. The summed E-state index contributed by atoms with van der Waals surface area (Å²) in [4.78, 5) is 30.5. The Morgan fingerprint density at radius 2 is 1.27 bits per heavy atom. The molecule has 0 fully saturated rings. The molecule has 0 aliphatic heterocycles. The van der Waals surface area contributed by atoms with Gasteiger partial charge in [-0.2, -0.15) is 0 Å². The van der Waals surface area contributed by atoms with Crippen molar-refractivity contribution in [3.63, 3.8) is 0 Å². The molecule has 5 N–H and O–H groups in total. The number of hydrogen-bond acceptors (Lipinski definition) is 7. The van der Waals surface area contributed by atoms with Crippen LogP contribution in [-0.2, 0) is 23.9 Å². The zero-order valence-electron chi connectivity index (χ0n) is 12.6. The maximum atomic E-state index is 10.3. The Balaban J connectivity index is 0. The maximum absolute atomic E-state index is 10.3. The fourth-order valence-corrected chi connectivity index (χ4v) is 1.19. The highest BCUT2D eigenvalue weighted by Gasteiger charge is 2.40. The van der Waals surface area contributed by atoms with E-state index in [1.807, 2.05) is 0 Å². The molecule has 0 aliphatic rings. The van der Waals surface area contributed by atoms with Gasteiger partial charge in [0.25, 0.3) is 0 Å². The van der Waals surface area contributed by atoms with Crippen LogP contribution in [0.15, 0.2) is 0 Å². The number of aliphatic carboxylic acids is 3. The molecule has 0 rings (SSSR count). The van der Waals surface area contributed by atoms with Crippen LogP contribution in [0.2, 0.25) is 0 Å². The molecule has 22 heavy (non-hydrogen) atoms. The first-order valence-electron chi connectivity index (χ1n) is 6.27. The quantitative estimate of drug-likeness (QED) is 0.286. The minimum atomic E-state index is -2.74. The zero-order valence-corrected chi connectivity index (χ0v) is 12.6. The van der Waals surface area contributed by atoms with Crippen molar-refractivity contribution in [2.24, 2.45) is 0 Å². The Hall–Kier alpha value is -1.75.